The van der Waals surface area contributed by atoms with E-state index in [1.165, 1.54) is 20.1 Å². The number of benzene rings is 1. The lowest BCUT2D eigenvalue weighted by molar-refractivity contribution is 0.198. The van der Waals surface area contributed by atoms with Crippen molar-refractivity contribution in [2.45, 2.75) is 17.9 Å². The van der Waals surface area contributed by atoms with Gasteiger partial charge in [0, 0.05) is 6.54 Å². The maximum atomic E-state index is 11.8. The largest absolute Gasteiger partial charge is 0.495 e. The summed E-state index contributed by atoms with van der Waals surface area (Å²) < 4.78 is 30.9. The first-order valence-electron chi connectivity index (χ1n) is 4.78. The number of para-hydroxylation sites is 1. The Morgan fingerprint density at radius 2 is 2.06 bits per heavy atom. The number of nitrogens with one attached hydrogen (secondary N) is 1. The molecule has 0 radical (unpaired) electrons. The van der Waals surface area contributed by atoms with Crippen molar-refractivity contribution in [2.24, 2.45) is 0 Å². The van der Waals surface area contributed by atoms with Crippen LogP contribution in [0.3, 0.4) is 0 Å². The molecule has 0 saturated heterocycles. The molecule has 0 aliphatic carbocycles. The monoisotopic (exact) mass is 245 g/mol. The van der Waals surface area contributed by atoms with Gasteiger partial charge in [-0.1, -0.05) is 12.1 Å². The first-order chi connectivity index (χ1) is 7.47. The quantitative estimate of drug-likeness (QED) is 0.785. The van der Waals surface area contributed by atoms with Gasteiger partial charge in [0.1, 0.15) is 10.6 Å². The maximum absolute atomic E-state index is 11.8. The van der Waals surface area contributed by atoms with Gasteiger partial charge in [-0.15, -0.1) is 0 Å². The summed E-state index contributed by atoms with van der Waals surface area (Å²) in [5.74, 6) is 0.278. The van der Waals surface area contributed by atoms with Gasteiger partial charge in [0.05, 0.1) is 13.2 Å². The molecule has 0 heterocycles. The third kappa shape index (κ3) is 3.19. The number of hydrogen-bond donors (Lipinski definition) is 2. The van der Waals surface area contributed by atoms with Crippen LogP contribution >= 0.6 is 0 Å². The summed E-state index contributed by atoms with van der Waals surface area (Å²) in [5.41, 5.74) is 0. The Kier molecular flexibility index (Phi) is 4.28. The molecule has 5 nitrogen and oxygen atoms in total. The predicted octanol–water partition coefficient (Wildman–Crippen LogP) is 0.354. The highest BCUT2D eigenvalue weighted by atomic mass is 32.2. The molecule has 0 fully saturated rings. The van der Waals surface area contributed by atoms with Crippen LogP contribution in [0.15, 0.2) is 29.2 Å². The van der Waals surface area contributed by atoms with Gasteiger partial charge in [-0.2, -0.15) is 0 Å². The van der Waals surface area contributed by atoms with E-state index in [0.29, 0.717) is 0 Å². The summed E-state index contributed by atoms with van der Waals surface area (Å²) in [7, 11) is -2.23. The van der Waals surface area contributed by atoms with Crippen LogP contribution < -0.4 is 9.46 Å². The lowest BCUT2D eigenvalue weighted by Gasteiger charge is -2.11. The number of aliphatic hydroxyl groups excluding tert-OH is 1. The fourth-order valence-corrected chi connectivity index (χ4v) is 2.44. The minimum absolute atomic E-state index is 0.0274. The van der Waals surface area contributed by atoms with E-state index < -0.39 is 16.1 Å². The van der Waals surface area contributed by atoms with Crippen molar-refractivity contribution in [2.75, 3.05) is 13.7 Å². The number of hydrogen-bond acceptors (Lipinski definition) is 4. The summed E-state index contributed by atoms with van der Waals surface area (Å²) in [5, 5.41) is 9.03. The normalized spacial score (nSPS) is 13.4. The summed E-state index contributed by atoms with van der Waals surface area (Å²) in [4.78, 5) is 0.0677. The fourth-order valence-electron chi connectivity index (χ4n) is 1.15. The first-order valence-corrected chi connectivity index (χ1v) is 6.26. The minimum atomic E-state index is -3.63. The Morgan fingerprint density at radius 3 is 2.62 bits per heavy atom. The molecular formula is C10H15NO4S. The second kappa shape index (κ2) is 5.29. The number of methoxy groups -OCH3 is 1. The molecule has 1 atom stereocenters. The van der Waals surface area contributed by atoms with E-state index in [2.05, 4.69) is 4.72 Å². The van der Waals surface area contributed by atoms with Crippen LogP contribution in [0.1, 0.15) is 6.92 Å². The SMILES string of the molecule is COc1ccccc1S(=O)(=O)NC[C@@H](C)O. The lowest BCUT2D eigenvalue weighted by Crippen LogP contribution is -2.30. The molecule has 2 N–H and O–H groups in total. The van der Waals surface area contributed by atoms with Crippen LogP contribution in [0, 0.1) is 0 Å². The first kappa shape index (κ1) is 13.0. The number of rotatable bonds is 5. The average molecular weight is 245 g/mol. The van der Waals surface area contributed by atoms with Gasteiger partial charge < -0.3 is 9.84 Å². The zero-order valence-electron chi connectivity index (χ0n) is 9.17. The molecule has 16 heavy (non-hydrogen) atoms. The summed E-state index contributed by atoms with van der Waals surface area (Å²) in [6.45, 7) is 1.48. The molecule has 0 saturated carbocycles. The van der Waals surface area contributed by atoms with E-state index in [4.69, 9.17) is 9.84 Å². The summed E-state index contributed by atoms with van der Waals surface area (Å²) in [6, 6.07) is 6.31. The molecule has 1 aromatic carbocycles. The van der Waals surface area contributed by atoms with E-state index in [1.807, 2.05) is 0 Å². The molecule has 6 heteroatoms. The smallest absolute Gasteiger partial charge is 0.244 e. The Bertz CT molecular complexity index is 442. The Hall–Kier alpha value is -1.11. The van der Waals surface area contributed by atoms with Crippen LogP contribution in [0.25, 0.3) is 0 Å². The zero-order valence-corrected chi connectivity index (χ0v) is 9.99. The van der Waals surface area contributed by atoms with Crippen LogP contribution in [0.4, 0.5) is 0 Å². The molecule has 1 aromatic rings. The average Bonchev–Trinajstić information content (AvgIpc) is 2.26. The van der Waals surface area contributed by atoms with Gasteiger partial charge in [0.15, 0.2) is 0 Å². The summed E-state index contributed by atoms with van der Waals surface area (Å²) >= 11 is 0. The van der Waals surface area contributed by atoms with Gasteiger partial charge in [0.25, 0.3) is 0 Å². The molecule has 1 rings (SSSR count). The van der Waals surface area contributed by atoms with Crippen molar-refractivity contribution in [1.29, 1.82) is 0 Å². The highest BCUT2D eigenvalue weighted by Gasteiger charge is 2.18. The van der Waals surface area contributed by atoms with Crippen molar-refractivity contribution < 1.29 is 18.3 Å². The van der Waals surface area contributed by atoms with E-state index in [0.717, 1.165) is 0 Å². The molecule has 0 unspecified atom stereocenters. The van der Waals surface area contributed by atoms with Gasteiger partial charge in [-0.05, 0) is 19.1 Å². The Morgan fingerprint density at radius 1 is 1.44 bits per heavy atom. The van der Waals surface area contributed by atoms with Crippen LogP contribution in [-0.4, -0.2) is 33.3 Å². The molecular weight excluding hydrogens is 230 g/mol. The highest BCUT2D eigenvalue weighted by molar-refractivity contribution is 7.89. The number of aliphatic hydroxyl groups is 1. The topological polar surface area (TPSA) is 75.6 Å². The van der Waals surface area contributed by atoms with Crippen molar-refractivity contribution in [3.63, 3.8) is 0 Å². The summed E-state index contributed by atoms with van der Waals surface area (Å²) in [6.07, 6.45) is -0.732. The second-order valence-electron chi connectivity index (χ2n) is 3.35. The minimum Gasteiger partial charge on any atom is -0.495 e. The highest BCUT2D eigenvalue weighted by Crippen LogP contribution is 2.22. The van der Waals surface area contributed by atoms with E-state index in [9.17, 15) is 8.42 Å². The van der Waals surface area contributed by atoms with Crippen LogP contribution in [-0.2, 0) is 10.0 Å². The Balaban J connectivity index is 2.98. The molecule has 0 aliphatic heterocycles. The van der Waals surface area contributed by atoms with Crippen molar-refractivity contribution in [3.8, 4) is 5.75 Å². The third-order valence-electron chi connectivity index (χ3n) is 1.93. The standard InChI is InChI=1S/C10H15NO4S/c1-8(12)7-11-16(13,14)10-6-4-3-5-9(10)15-2/h3-6,8,11-12H,7H2,1-2H3/t8-/m1/s1. The van der Waals surface area contributed by atoms with Gasteiger partial charge in [0.2, 0.25) is 10.0 Å². The van der Waals surface area contributed by atoms with Gasteiger partial charge in [-0.3, -0.25) is 0 Å². The molecule has 0 amide bonds. The number of sulfonamides is 1. The van der Waals surface area contributed by atoms with E-state index in [1.54, 1.807) is 18.2 Å². The van der Waals surface area contributed by atoms with Crippen LogP contribution in [0.2, 0.25) is 0 Å². The fraction of sp³-hybridized carbons (Fsp3) is 0.400. The Labute approximate surface area is 95.1 Å². The van der Waals surface area contributed by atoms with Gasteiger partial charge >= 0.3 is 0 Å². The molecule has 0 spiro atoms. The molecule has 0 aliphatic rings. The molecule has 90 valence electrons. The third-order valence-corrected chi connectivity index (χ3v) is 3.39. The van der Waals surface area contributed by atoms with E-state index >= 15 is 0 Å². The van der Waals surface area contributed by atoms with E-state index in [-0.39, 0.29) is 17.2 Å². The van der Waals surface area contributed by atoms with Crippen molar-refractivity contribution in [3.05, 3.63) is 24.3 Å². The second-order valence-corrected chi connectivity index (χ2v) is 5.09. The van der Waals surface area contributed by atoms with Gasteiger partial charge in [-0.25, -0.2) is 13.1 Å². The lowest BCUT2D eigenvalue weighted by atomic mass is 10.3. The molecule has 0 aromatic heterocycles. The van der Waals surface area contributed by atoms with Crippen molar-refractivity contribution in [1.82, 2.24) is 4.72 Å². The number of ether oxygens (including phenoxy) is 1. The maximum Gasteiger partial charge on any atom is 0.244 e. The molecule has 0 bridgehead atoms. The van der Waals surface area contributed by atoms with Crippen molar-refractivity contribution >= 4 is 10.0 Å². The predicted molar refractivity (Wildman–Crippen MR) is 59.9 cm³/mol. The van der Waals surface area contributed by atoms with Crippen LogP contribution in [0.5, 0.6) is 5.75 Å². The zero-order chi connectivity index (χ0) is 12.2.